The van der Waals surface area contributed by atoms with Crippen LogP contribution in [-0.2, 0) is 17.6 Å². The van der Waals surface area contributed by atoms with Crippen molar-refractivity contribution in [1.82, 2.24) is 4.98 Å². The number of hydrogen-bond acceptors (Lipinski definition) is 2. The summed E-state index contributed by atoms with van der Waals surface area (Å²) in [5.41, 5.74) is 2.48. The van der Waals surface area contributed by atoms with Crippen molar-refractivity contribution < 1.29 is 9.18 Å². The van der Waals surface area contributed by atoms with Crippen LogP contribution in [0, 0.1) is 5.82 Å². The van der Waals surface area contributed by atoms with Crippen LogP contribution in [-0.4, -0.2) is 10.8 Å². The molecule has 3 aromatic rings. The van der Waals surface area contributed by atoms with Crippen LogP contribution in [0.25, 0.3) is 10.9 Å². The molecule has 0 saturated carbocycles. The molecule has 1 heterocycles. The third kappa shape index (κ3) is 3.31. The van der Waals surface area contributed by atoms with Crippen molar-refractivity contribution in [3.8, 4) is 0 Å². The van der Waals surface area contributed by atoms with Crippen LogP contribution >= 0.6 is 0 Å². The van der Waals surface area contributed by atoms with Crippen molar-refractivity contribution in [3.63, 3.8) is 0 Å². The van der Waals surface area contributed by atoms with Gasteiger partial charge < -0.3 is 0 Å². The van der Waals surface area contributed by atoms with Crippen LogP contribution < -0.4 is 0 Å². The van der Waals surface area contributed by atoms with Gasteiger partial charge in [-0.15, -0.1) is 0 Å². The fourth-order valence-electron chi connectivity index (χ4n) is 2.30. The predicted octanol–water partition coefficient (Wildman–Crippen LogP) is 3.73. The molecule has 0 unspecified atom stereocenters. The summed E-state index contributed by atoms with van der Waals surface area (Å²) in [7, 11) is 0. The number of rotatable bonds is 4. The topological polar surface area (TPSA) is 30.0 Å². The summed E-state index contributed by atoms with van der Waals surface area (Å²) in [6, 6.07) is 17.7. The fraction of sp³-hybridized carbons (Fsp3) is 0.111. The lowest BCUT2D eigenvalue weighted by Crippen LogP contribution is -2.07. The summed E-state index contributed by atoms with van der Waals surface area (Å²) in [5.74, 6) is -0.216. The Morgan fingerprint density at radius 2 is 1.67 bits per heavy atom. The van der Waals surface area contributed by atoms with E-state index in [1.165, 1.54) is 12.1 Å². The molecule has 1 aromatic heterocycles. The lowest BCUT2D eigenvalue weighted by atomic mass is 10.0. The molecule has 0 atom stereocenters. The van der Waals surface area contributed by atoms with E-state index in [4.69, 9.17) is 0 Å². The lowest BCUT2D eigenvalue weighted by Gasteiger charge is -2.03. The van der Waals surface area contributed by atoms with E-state index in [2.05, 4.69) is 4.98 Å². The molecule has 0 aliphatic rings. The first kappa shape index (κ1) is 13.4. The van der Waals surface area contributed by atoms with Crippen LogP contribution in [0.2, 0.25) is 0 Å². The Morgan fingerprint density at radius 1 is 0.905 bits per heavy atom. The number of Topliss-reactive ketones (excluding diaryl/α,β-unsaturated/α-hetero) is 1. The number of carbonyl (C=O) groups is 1. The summed E-state index contributed by atoms with van der Waals surface area (Å²) >= 11 is 0. The highest BCUT2D eigenvalue weighted by Gasteiger charge is 2.07. The van der Waals surface area contributed by atoms with Gasteiger partial charge in [-0.05, 0) is 29.8 Å². The van der Waals surface area contributed by atoms with E-state index in [0.29, 0.717) is 12.8 Å². The number of ketones is 1. The molecule has 0 aliphatic heterocycles. The predicted molar refractivity (Wildman–Crippen MR) is 80.6 cm³/mol. The fourth-order valence-corrected chi connectivity index (χ4v) is 2.30. The Balaban J connectivity index is 1.72. The first-order chi connectivity index (χ1) is 10.2. The van der Waals surface area contributed by atoms with E-state index < -0.39 is 0 Å². The summed E-state index contributed by atoms with van der Waals surface area (Å²) in [6.07, 6.45) is 0.594. The van der Waals surface area contributed by atoms with Crippen LogP contribution in [0.4, 0.5) is 4.39 Å². The average molecular weight is 279 g/mol. The van der Waals surface area contributed by atoms with Gasteiger partial charge in [0.15, 0.2) is 0 Å². The van der Waals surface area contributed by atoms with Crippen molar-refractivity contribution in [2.45, 2.75) is 12.8 Å². The van der Waals surface area contributed by atoms with E-state index in [9.17, 15) is 9.18 Å². The van der Waals surface area contributed by atoms with Gasteiger partial charge in [0.25, 0.3) is 0 Å². The maximum Gasteiger partial charge on any atom is 0.143 e. The summed E-state index contributed by atoms with van der Waals surface area (Å²) in [4.78, 5) is 16.6. The normalized spacial score (nSPS) is 10.7. The number of halogens is 1. The molecule has 2 nitrogen and oxygen atoms in total. The second-order valence-electron chi connectivity index (χ2n) is 5.01. The van der Waals surface area contributed by atoms with Gasteiger partial charge in [-0.2, -0.15) is 0 Å². The second-order valence-corrected chi connectivity index (χ2v) is 5.01. The van der Waals surface area contributed by atoms with Gasteiger partial charge in [-0.25, -0.2) is 4.39 Å². The van der Waals surface area contributed by atoms with Gasteiger partial charge in [0.05, 0.1) is 5.52 Å². The van der Waals surface area contributed by atoms with Crippen molar-refractivity contribution in [2.75, 3.05) is 0 Å². The van der Waals surface area contributed by atoms with Crippen LogP contribution in [0.5, 0.6) is 0 Å². The van der Waals surface area contributed by atoms with Gasteiger partial charge in [0, 0.05) is 23.9 Å². The third-order valence-electron chi connectivity index (χ3n) is 3.35. The zero-order valence-corrected chi connectivity index (χ0v) is 11.4. The zero-order valence-electron chi connectivity index (χ0n) is 11.4. The van der Waals surface area contributed by atoms with E-state index in [1.54, 1.807) is 12.1 Å². The maximum absolute atomic E-state index is 12.8. The number of carbonyl (C=O) groups excluding carboxylic acids is 1. The molecule has 0 saturated heterocycles. The van der Waals surface area contributed by atoms with Crippen molar-refractivity contribution >= 4 is 16.7 Å². The smallest absolute Gasteiger partial charge is 0.143 e. The van der Waals surface area contributed by atoms with Crippen molar-refractivity contribution in [2.24, 2.45) is 0 Å². The molecule has 2 aromatic carbocycles. The highest BCUT2D eigenvalue weighted by atomic mass is 19.1. The van der Waals surface area contributed by atoms with Crippen LogP contribution in [0.3, 0.4) is 0 Å². The number of hydrogen-bond donors (Lipinski definition) is 0. The molecule has 0 bridgehead atoms. The van der Waals surface area contributed by atoms with E-state index in [-0.39, 0.29) is 11.6 Å². The van der Waals surface area contributed by atoms with Gasteiger partial charge in [0.2, 0.25) is 0 Å². The molecule has 0 aliphatic carbocycles. The third-order valence-corrected chi connectivity index (χ3v) is 3.35. The molecule has 0 amide bonds. The van der Waals surface area contributed by atoms with Crippen LogP contribution in [0.1, 0.15) is 11.3 Å². The molecule has 21 heavy (non-hydrogen) atoms. The van der Waals surface area contributed by atoms with Gasteiger partial charge in [0.1, 0.15) is 11.6 Å². The minimum atomic E-state index is -0.289. The van der Waals surface area contributed by atoms with Gasteiger partial charge >= 0.3 is 0 Å². The number of pyridine rings is 1. The number of nitrogens with zero attached hydrogens (tertiary/aromatic N) is 1. The first-order valence-electron chi connectivity index (χ1n) is 6.81. The molecule has 3 rings (SSSR count). The lowest BCUT2D eigenvalue weighted by molar-refractivity contribution is -0.117. The Labute approximate surface area is 122 Å². The molecule has 0 radical (unpaired) electrons. The molecule has 3 heteroatoms. The highest BCUT2D eigenvalue weighted by Crippen LogP contribution is 2.13. The van der Waals surface area contributed by atoms with Gasteiger partial charge in [-0.1, -0.05) is 36.4 Å². The van der Waals surface area contributed by atoms with Crippen molar-refractivity contribution in [1.29, 1.82) is 0 Å². The summed E-state index contributed by atoms with van der Waals surface area (Å²) in [6.45, 7) is 0. The minimum Gasteiger partial charge on any atom is -0.299 e. The number of para-hydroxylation sites is 1. The zero-order chi connectivity index (χ0) is 14.7. The SMILES string of the molecule is O=C(Cc1ccc(F)cc1)Cc1ccc2ccccc2n1. The van der Waals surface area contributed by atoms with E-state index in [0.717, 1.165) is 22.2 Å². The first-order valence-corrected chi connectivity index (χ1v) is 6.81. The van der Waals surface area contributed by atoms with Gasteiger partial charge in [-0.3, -0.25) is 9.78 Å². The monoisotopic (exact) mass is 279 g/mol. The van der Waals surface area contributed by atoms with Crippen molar-refractivity contribution in [3.05, 3.63) is 77.7 Å². The largest absolute Gasteiger partial charge is 0.299 e. The highest BCUT2D eigenvalue weighted by molar-refractivity contribution is 5.84. The molecule has 0 fully saturated rings. The average Bonchev–Trinajstić information content (AvgIpc) is 2.49. The van der Waals surface area contributed by atoms with E-state index in [1.807, 2.05) is 36.4 Å². The molecule has 0 N–H and O–H groups in total. The Morgan fingerprint density at radius 3 is 2.48 bits per heavy atom. The maximum atomic E-state index is 12.8. The second kappa shape index (κ2) is 5.83. The molecular weight excluding hydrogens is 265 g/mol. The molecule has 0 spiro atoms. The Bertz CT molecular complexity index is 781. The molecular formula is C18H14FNO. The number of aromatic nitrogens is 1. The number of benzene rings is 2. The molecule has 104 valence electrons. The van der Waals surface area contributed by atoms with Crippen LogP contribution in [0.15, 0.2) is 60.7 Å². The quantitative estimate of drug-likeness (QED) is 0.728. The standard InChI is InChI=1S/C18H14FNO/c19-15-8-5-13(6-9-15)11-17(21)12-16-10-7-14-3-1-2-4-18(14)20-16/h1-10H,11-12H2. The minimum absolute atomic E-state index is 0.0735. The summed E-state index contributed by atoms with van der Waals surface area (Å²) < 4.78 is 12.8. The number of fused-ring (bicyclic) bond motifs is 1. The Kier molecular flexibility index (Phi) is 3.73. The van der Waals surface area contributed by atoms with E-state index >= 15 is 0 Å². The summed E-state index contributed by atoms with van der Waals surface area (Å²) in [5, 5.41) is 1.06. The Hall–Kier alpha value is -2.55.